The van der Waals surface area contributed by atoms with E-state index < -0.39 is 0 Å². The molecule has 26 heavy (non-hydrogen) atoms. The van der Waals surface area contributed by atoms with Crippen molar-refractivity contribution < 1.29 is 9.53 Å². The minimum atomic E-state index is 0.319. The van der Waals surface area contributed by atoms with E-state index in [1.165, 1.54) is 16.5 Å². The van der Waals surface area contributed by atoms with Crippen LogP contribution in [0.25, 0.3) is 10.9 Å². The Hall–Kier alpha value is -1.85. The monoisotopic (exact) mass is 355 g/mol. The molecule has 5 heteroatoms. The molecule has 0 bridgehead atoms. The van der Waals surface area contributed by atoms with Crippen molar-refractivity contribution in [2.24, 2.45) is 5.92 Å². The highest BCUT2D eigenvalue weighted by molar-refractivity contribution is 5.83. The molecule has 2 aliphatic heterocycles. The van der Waals surface area contributed by atoms with Crippen LogP contribution in [-0.2, 0) is 16.1 Å². The molecule has 1 amide bonds. The maximum Gasteiger partial charge on any atom is 0.222 e. The van der Waals surface area contributed by atoms with Crippen LogP contribution in [0.4, 0.5) is 0 Å². The molecule has 3 heterocycles. The molecule has 0 radical (unpaired) electrons. The molecular weight excluding hydrogens is 326 g/mol. The van der Waals surface area contributed by atoms with E-state index in [1.807, 2.05) is 0 Å². The molecule has 2 aromatic rings. The minimum absolute atomic E-state index is 0.319. The van der Waals surface area contributed by atoms with Crippen molar-refractivity contribution in [3.63, 3.8) is 0 Å². The number of amides is 1. The van der Waals surface area contributed by atoms with Crippen LogP contribution in [0.3, 0.4) is 0 Å². The van der Waals surface area contributed by atoms with Gasteiger partial charge < -0.3 is 14.6 Å². The highest BCUT2D eigenvalue weighted by Crippen LogP contribution is 2.31. The van der Waals surface area contributed by atoms with Crippen molar-refractivity contribution in [1.82, 2.24) is 14.8 Å². The number of likely N-dealkylation sites (tertiary alicyclic amines) is 2. The van der Waals surface area contributed by atoms with Gasteiger partial charge in [0.05, 0.1) is 6.61 Å². The molecule has 2 saturated heterocycles. The predicted octanol–water partition coefficient (Wildman–Crippen LogP) is 3.02. The lowest BCUT2D eigenvalue weighted by Crippen LogP contribution is -2.52. The van der Waals surface area contributed by atoms with E-state index in [9.17, 15) is 4.79 Å². The fourth-order valence-corrected chi connectivity index (χ4v) is 4.76. The lowest BCUT2D eigenvalue weighted by Gasteiger charge is -2.42. The van der Waals surface area contributed by atoms with Crippen LogP contribution in [0.1, 0.15) is 31.2 Å². The summed E-state index contributed by atoms with van der Waals surface area (Å²) in [6.07, 6.45) is 6.09. The van der Waals surface area contributed by atoms with Crippen LogP contribution in [0.15, 0.2) is 30.5 Å². The Kier molecular flexibility index (Phi) is 5.27. The van der Waals surface area contributed by atoms with Gasteiger partial charge in [-0.3, -0.25) is 9.69 Å². The number of aromatic nitrogens is 1. The summed E-state index contributed by atoms with van der Waals surface area (Å²) in [6, 6.07) is 8.90. The molecule has 140 valence electrons. The molecule has 5 nitrogen and oxygen atoms in total. The van der Waals surface area contributed by atoms with Gasteiger partial charge in [0, 0.05) is 62.9 Å². The number of para-hydroxylation sites is 1. The second-order valence-electron chi connectivity index (χ2n) is 7.68. The standard InChI is InChI=1S/C21H29N3O2/c1-26-12-11-24-20-9-10-23(14-16(20)5-4-8-21(24)25)15-17-13-22-19-7-3-2-6-18(17)19/h2-3,6-7,13,16,20,22H,4-5,8-12,14-15H2,1H3/t16-,20+/m0/s1. The number of piperidine rings is 1. The first kappa shape index (κ1) is 17.6. The summed E-state index contributed by atoms with van der Waals surface area (Å²) in [7, 11) is 1.71. The van der Waals surface area contributed by atoms with Crippen molar-refractivity contribution in [1.29, 1.82) is 0 Å². The molecule has 0 aliphatic carbocycles. The number of carbonyl (C=O) groups is 1. The van der Waals surface area contributed by atoms with Crippen molar-refractivity contribution >= 4 is 16.8 Å². The van der Waals surface area contributed by atoms with Crippen LogP contribution in [-0.4, -0.2) is 60.1 Å². The highest BCUT2D eigenvalue weighted by atomic mass is 16.5. The summed E-state index contributed by atoms with van der Waals surface area (Å²) >= 11 is 0. The van der Waals surface area contributed by atoms with Crippen LogP contribution in [0.2, 0.25) is 0 Å². The van der Waals surface area contributed by atoms with Crippen LogP contribution < -0.4 is 0 Å². The third-order valence-electron chi connectivity index (χ3n) is 6.07. The van der Waals surface area contributed by atoms with Gasteiger partial charge in [-0.05, 0) is 36.8 Å². The summed E-state index contributed by atoms with van der Waals surface area (Å²) in [5, 5.41) is 1.33. The normalized spacial score (nSPS) is 24.7. The zero-order valence-corrected chi connectivity index (χ0v) is 15.6. The Morgan fingerprint density at radius 1 is 1.27 bits per heavy atom. The second-order valence-corrected chi connectivity index (χ2v) is 7.68. The Morgan fingerprint density at radius 2 is 2.15 bits per heavy atom. The third kappa shape index (κ3) is 3.51. The van der Waals surface area contributed by atoms with Crippen LogP contribution in [0.5, 0.6) is 0 Å². The topological polar surface area (TPSA) is 48.6 Å². The van der Waals surface area contributed by atoms with Gasteiger partial charge in [-0.1, -0.05) is 18.2 Å². The number of nitrogens with zero attached hydrogens (tertiary/aromatic N) is 2. The number of nitrogens with one attached hydrogen (secondary N) is 1. The Labute approximate surface area is 155 Å². The molecule has 2 fully saturated rings. The zero-order chi connectivity index (χ0) is 17.9. The molecular formula is C21H29N3O2. The van der Waals surface area contributed by atoms with Gasteiger partial charge in [0.25, 0.3) is 0 Å². The van der Waals surface area contributed by atoms with Crippen molar-refractivity contribution in [2.75, 3.05) is 33.4 Å². The molecule has 0 spiro atoms. The first-order chi connectivity index (χ1) is 12.8. The van der Waals surface area contributed by atoms with E-state index in [4.69, 9.17) is 4.74 Å². The number of rotatable bonds is 5. The molecule has 1 aromatic heterocycles. The maximum absolute atomic E-state index is 12.5. The van der Waals surface area contributed by atoms with Crippen molar-refractivity contribution in [3.05, 3.63) is 36.0 Å². The molecule has 0 unspecified atom stereocenters. The minimum Gasteiger partial charge on any atom is -0.383 e. The van der Waals surface area contributed by atoms with Gasteiger partial charge in [0.15, 0.2) is 0 Å². The highest BCUT2D eigenvalue weighted by Gasteiger charge is 2.37. The first-order valence-corrected chi connectivity index (χ1v) is 9.82. The first-order valence-electron chi connectivity index (χ1n) is 9.82. The largest absolute Gasteiger partial charge is 0.383 e. The molecule has 1 N–H and O–H groups in total. The van der Waals surface area contributed by atoms with Gasteiger partial charge in [0.2, 0.25) is 5.91 Å². The molecule has 2 aliphatic rings. The van der Waals surface area contributed by atoms with Gasteiger partial charge >= 0.3 is 0 Å². The Bertz CT molecular complexity index is 757. The quantitative estimate of drug-likeness (QED) is 0.897. The molecule has 1 aromatic carbocycles. The second kappa shape index (κ2) is 7.80. The smallest absolute Gasteiger partial charge is 0.222 e. The van der Waals surface area contributed by atoms with Crippen LogP contribution in [0, 0.1) is 5.92 Å². The molecule has 0 saturated carbocycles. The predicted molar refractivity (Wildman–Crippen MR) is 103 cm³/mol. The zero-order valence-electron chi connectivity index (χ0n) is 15.6. The summed E-state index contributed by atoms with van der Waals surface area (Å²) in [4.78, 5) is 20.6. The summed E-state index contributed by atoms with van der Waals surface area (Å²) < 4.78 is 5.24. The lowest BCUT2D eigenvalue weighted by molar-refractivity contribution is -0.135. The number of carbonyl (C=O) groups excluding carboxylic acids is 1. The SMILES string of the molecule is COCCN1C(=O)CCC[C@H]2CN(Cc3c[nH]c4ccccc34)CC[C@H]21. The average Bonchev–Trinajstić information content (AvgIpc) is 2.99. The van der Waals surface area contributed by atoms with E-state index in [1.54, 1.807) is 7.11 Å². The number of hydrogen-bond donors (Lipinski definition) is 1. The van der Waals surface area contributed by atoms with E-state index in [0.29, 0.717) is 30.9 Å². The Morgan fingerprint density at radius 3 is 3.04 bits per heavy atom. The average molecular weight is 355 g/mol. The summed E-state index contributed by atoms with van der Waals surface area (Å²) in [5.74, 6) is 0.900. The number of benzene rings is 1. The maximum atomic E-state index is 12.5. The van der Waals surface area contributed by atoms with E-state index in [2.05, 4.69) is 45.2 Å². The van der Waals surface area contributed by atoms with E-state index >= 15 is 0 Å². The number of aromatic amines is 1. The fraction of sp³-hybridized carbons (Fsp3) is 0.571. The van der Waals surface area contributed by atoms with Gasteiger partial charge in [-0.15, -0.1) is 0 Å². The van der Waals surface area contributed by atoms with Crippen LogP contribution >= 0.6 is 0 Å². The molecule has 2 atom stereocenters. The number of hydrogen-bond acceptors (Lipinski definition) is 3. The van der Waals surface area contributed by atoms with E-state index in [-0.39, 0.29) is 0 Å². The summed E-state index contributed by atoms with van der Waals surface area (Å²) in [5.41, 5.74) is 2.59. The fourth-order valence-electron chi connectivity index (χ4n) is 4.76. The Balaban J connectivity index is 1.46. The number of methoxy groups -OCH3 is 1. The van der Waals surface area contributed by atoms with Gasteiger partial charge in [-0.2, -0.15) is 0 Å². The van der Waals surface area contributed by atoms with E-state index in [0.717, 1.165) is 45.4 Å². The van der Waals surface area contributed by atoms with Gasteiger partial charge in [-0.25, -0.2) is 0 Å². The molecule has 4 rings (SSSR count). The van der Waals surface area contributed by atoms with Crippen molar-refractivity contribution in [3.8, 4) is 0 Å². The van der Waals surface area contributed by atoms with Crippen molar-refractivity contribution in [2.45, 2.75) is 38.3 Å². The van der Waals surface area contributed by atoms with Gasteiger partial charge in [0.1, 0.15) is 0 Å². The number of fused-ring (bicyclic) bond motifs is 2. The summed E-state index contributed by atoms with van der Waals surface area (Å²) in [6.45, 7) is 4.49. The number of ether oxygens (including phenoxy) is 1. The number of H-pyrrole nitrogens is 1. The third-order valence-corrected chi connectivity index (χ3v) is 6.07. The lowest BCUT2D eigenvalue weighted by atomic mass is 9.88.